The Kier molecular flexibility index (Phi) is 8.35. The second kappa shape index (κ2) is 10.1. The number of urea groups is 1. The Labute approximate surface area is 129 Å². The highest BCUT2D eigenvalue weighted by molar-refractivity contribution is 7.98. The molecule has 0 aliphatic rings. The van der Waals surface area contributed by atoms with Gasteiger partial charge in [0.05, 0.1) is 5.56 Å². The summed E-state index contributed by atoms with van der Waals surface area (Å²) in [5, 5.41) is 14.4. The Morgan fingerprint density at radius 3 is 2.71 bits per heavy atom. The smallest absolute Gasteiger partial charge is 0.335 e. The molecule has 0 fully saturated rings. The zero-order valence-electron chi connectivity index (χ0n) is 12.2. The quantitative estimate of drug-likeness (QED) is 0.613. The van der Waals surface area contributed by atoms with Gasteiger partial charge in [0.2, 0.25) is 0 Å². The molecule has 0 spiro atoms. The van der Waals surface area contributed by atoms with E-state index in [0.717, 1.165) is 24.2 Å². The maximum Gasteiger partial charge on any atom is 0.335 e. The summed E-state index contributed by atoms with van der Waals surface area (Å²) in [6, 6.07) is 6.32. The van der Waals surface area contributed by atoms with Crippen molar-refractivity contribution in [2.24, 2.45) is 0 Å². The molecule has 0 heterocycles. The maximum absolute atomic E-state index is 11.6. The fourth-order valence-corrected chi connectivity index (χ4v) is 2.30. The third kappa shape index (κ3) is 7.60. The van der Waals surface area contributed by atoms with Crippen molar-refractivity contribution in [1.29, 1.82) is 0 Å². The number of amides is 2. The predicted molar refractivity (Wildman–Crippen MR) is 85.9 cm³/mol. The third-order valence-electron chi connectivity index (χ3n) is 2.94. The molecule has 116 valence electrons. The van der Waals surface area contributed by atoms with Gasteiger partial charge in [0.25, 0.3) is 0 Å². The summed E-state index contributed by atoms with van der Waals surface area (Å²) in [5.74, 6) is 0.193. The highest BCUT2D eigenvalue weighted by atomic mass is 32.2. The van der Waals surface area contributed by atoms with Gasteiger partial charge in [0, 0.05) is 13.1 Å². The van der Waals surface area contributed by atoms with E-state index in [1.54, 1.807) is 18.2 Å². The Hall–Kier alpha value is -1.69. The van der Waals surface area contributed by atoms with Crippen LogP contribution in [-0.2, 0) is 6.54 Å². The van der Waals surface area contributed by atoms with Crippen molar-refractivity contribution < 1.29 is 14.7 Å². The molecule has 3 N–H and O–H groups in total. The van der Waals surface area contributed by atoms with Crippen molar-refractivity contribution in [2.45, 2.75) is 25.8 Å². The highest BCUT2D eigenvalue weighted by Crippen LogP contribution is 2.05. The lowest BCUT2D eigenvalue weighted by Gasteiger charge is -2.08. The number of carboxylic acids is 1. The molecule has 0 unspecified atom stereocenters. The molecule has 0 saturated carbocycles. The van der Waals surface area contributed by atoms with E-state index < -0.39 is 5.97 Å². The molecular weight excluding hydrogens is 288 g/mol. The Bertz CT molecular complexity index is 466. The van der Waals surface area contributed by atoms with Crippen molar-refractivity contribution in [3.8, 4) is 0 Å². The first-order chi connectivity index (χ1) is 10.1. The summed E-state index contributed by atoms with van der Waals surface area (Å²) >= 11 is 1.83. The summed E-state index contributed by atoms with van der Waals surface area (Å²) in [4.78, 5) is 22.4. The normalized spacial score (nSPS) is 10.1. The van der Waals surface area contributed by atoms with Crippen LogP contribution in [0.5, 0.6) is 0 Å². The summed E-state index contributed by atoms with van der Waals surface area (Å²) < 4.78 is 0. The van der Waals surface area contributed by atoms with Crippen LogP contribution in [0.25, 0.3) is 0 Å². The lowest BCUT2D eigenvalue weighted by Crippen LogP contribution is -2.35. The average molecular weight is 310 g/mol. The molecule has 0 aromatic heterocycles. The minimum atomic E-state index is -0.966. The van der Waals surface area contributed by atoms with E-state index in [0.29, 0.717) is 13.1 Å². The number of carbonyl (C=O) groups is 2. The van der Waals surface area contributed by atoms with Crippen molar-refractivity contribution in [2.75, 3.05) is 18.6 Å². The van der Waals surface area contributed by atoms with Crippen LogP contribution in [0.2, 0.25) is 0 Å². The number of aromatic carboxylic acids is 1. The van der Waals surface area contributed by atoms with Gasteiger partial charge in [-0.2, -0.15) is 11.8 Å². The van der Waals surface area contributed by atoms with Crippen LogP contribution in [-0.4, -0.2) is 35.7 Å². The molecule has 2 amide bonds. The van der Waals surface area contributed by atoms with E-state index in [-0.39, 0.29) is 11.6 Å². The van der Waals surface area contributed by atoms with Crippen molar-refractivity contribution in [3.63, 3.8) is 0 Å². The monoisotopic (exact) mass is 310 g/mol. The summed E-state index contributed by atoms with van der Waals surface area (Å²) in [6.45, 7) is 0.981. The van der Waals surface area contributed by atoms with E-state index in [2.05, 4.69) is 16.9 Å². The fourth-order valence-electron chi connectivity index (χ4n) is 1.81. The lowest BCUT2D eigenvalue weighted by molar-refractivity contribution is 0.0696. The molecule has 6 heteroatoms. The van der Waals surface area contributed by atoms with E-state index in [4.69, 9.17) is 5.11 Å². The van der Waals surface area contributed by atoms with Gasteiger partial charge in [-0.3, -0.25) is 0 Å². The minimum absolute atomic E-state index is 0.222. The van der Waals surface area contributed by atoms with E-state index in [1.165, 1.54) is 12.5 Å². The Morgan fingerprint density at radius 2 is 2.00 bits per heavy atom. The first-order valence-electron chi connectivity index (χ1n) is 6.96. The van der Waals surface area contributed by atoms with E-state index in [1.807, 2.05) is 11.8 Å². The first kappa shape index (κ1) is 17.4. The average Bonchev–Trinajstić information content (AvgIpc) is 2.49. The zero-order chi connectivity index (χ0) is 15.5. The molecule has 0 bridgehead atoms. The molecule has 0 saturated heterocycles. The van der Waals surface area contributed by atoms with Crippen LogP contribution in [0.3, 0.4) is 0 Å². The molecule has 0 atom stereocenters. The number of carbonyl (C=O) groups excluding carboxylic acids is 1. The van der Waals surface area contributed by atoms with Gasteiger partial charge >= 0.3 is 12.0 Å². The number of hydrogen-bond donors (Lipinski definition) is 3. The van der Waals surface area contributed by atoms with Crippen molar-refractivity contribution in [1.82, 2.24) is 10.6 Å². The largest absolute Gasteiger partial charge is 0.478 e. The van der Waals surface area contributed by atoms with Gasteiger partial charge in [-0.15, -0.1) is 0 Å². The molecule has 1 rings (SSSR count). The summed E-state index contributed by atoms with van der Waals surface area (Å²) in [6.07, 6.45) is 5.35. The maximum atomic E-state index is 11.6. The minimum Gasteiger partial charge on any atom is -0.478 e. The molecule has 0 aliphatic carbocycles. The van der Waals surface area contributed by atoms with Crippen LogP contribution >= 0.6 is 11.8 Å². The highest BCUT2D eigenvalue weighted by Gasteiger charge is 2.04. The number of hydrogen-bond acceptors (Lipinski definition) is 3. The van der Waals surface area contributed by atoms with Crippen LogP contribution < -0.4 is 10.6 Å². The van der Waals surface area contributed by atoms with Crippen LogP contribution in [0.4, 0.5) is 4.79 Å². The Morgan fingerprint density at radius 1 is 1.19 bits per heavy atom. The fraction of sp³-hybridized carbons (Fsp3) is 0.467. The number of rotatable bonds is 9. The summed E-state index contributed by atoms with van der Waals surface area (Å²) in [5.41, 5.74) is 0.994. The first-order valence-corrected chi connectivity index (χ1v) is 8.35. The van der Waals surface area contributed by atoms with Crippen LogP contribution in [0, 0.1) is 0 Å². The zero-order valence-corrected chi connectivity index (χ0v) is 13.0. The molecular formula is C15H22N2O3S. The molecule has 1 aromatic rings. The van der Waals surface area contributed by atoms with Crippen molar-refractivity contribution in [3.05, 3.63) is 35.4 Å². The Balaban J connectivity index is 2.21. The van der Waals surface area contributed by atoms with Crippen molar-refractivity contribution >= 4 is 23.8 Å². The number of thioether (sulfide) groups is 1. The molecule has 0 aliphatic heterocycles. The van der Waals surface area contributed by atoms with Crippen LogP contribution in [0.15, 0.2) is 24.3 Å². The van der Waals surface area contributed by atoms with Gasteiger partial charge in [0.1, 0.15) is 0 Å². The molecule has 0 radical (unpaired) electrons. The SMILES string of the molecule is CSCCCCCNC(=O)NCc1cccc(C(=O)O)c1. The number of nitrogens with one attached hydrogen (secondary N) is 2. The van der Waals surface area contributed by atoms with E-state index >= 15 is 0 Å². The van der Waals surface area contributed by atoms with Gasteiger partial charge in [-0.05, 0) is 42.5 Å². The summed E-state index contributed by atoms with van der Waals surface area (Å²) in [7, 11) is 0. The van der Waals surface area contributed by atoms with Crippen LogP contribution in [0.1, 0.15) is 35.2 Å². The second-order valence-electron chi connectivity index (χ2n) is 4.67. The second-order valence-corrected chi connectivity index (χ2v) is 5.65. The van der Waals surface area contributed by atoms with Gasteiger partial charge < -0.3 is 15.7 Å². The van der Waals surface area contributed by atoms with E-state index in [9.17, 15) is 9.59 Å². The molecule has 21 heavy (non-hydrogen) atoms. The third-order valence-corrected chi connectivity index (χ3v) is 3.63. The topological polar surface area (TPSA) is 78.4 Å². The van der Waals surface area contributed by atoms with Gasteiger partial charge in [0.15, 0.2) is 0 Å². The predicted octanol–water partition coefficient (Wildman–Crippen LogP) is 2.72. The number of unbranched alkanes of at least 4 members (excludes halogenated alkanes) is 2. The number of carboxylic acid groups (broad SMARTS) is 1. The standard InChI is InChI=1S/C15H22N2O3S/c1-21-9-4-2-3-8-16-15(20)17-11-12-6-5-7-13(10-12)14(18)19/h5-7,10H,2-4,8-9,11H2,1H3,(H,18,19)(H2,16,17,20). The molecule has 1 aromatic carbocycles. The lowest BCUT2D eigenvalue weighted by atomic mass is 10.1. The molecule has 5 nitrogen and oxygen atoms in total. The van der Waals surface area contributed by atoms with Gasteiger partial charge in [-0.25, -0.2) is 9.59 Å². The number of benzene rings is 1. The van der Waals surface area contributed by atoms with Gasteiger partial charge in [-0.1, -0.05) is 18.6 Å².